The predicted octanol–water partition coefficient (Wildman–Crippen LogP) is 6.34. The molecule has 2 aromatic rings. The molecule has 0 aliphatic heterocycles. The van der Waals surface area contributed by atoms with E-state index in [1.54, 1.807) is 11.8 Å². The van der Waals surface area contributed by atoms with Crippen LogP contribution in [0.3, 0.4) is 0 Å². The molecule has 0 bridgehead atoms. The summed E-state index contributed by atoms with van der Waals surface area (Å²) in [7, 11) is -2.50. The molecule has 0 unspecified atom stereocenters. The van der Waals surface area contributed by atoms with Crippen LogP contribution in [0.4, 0.5) is 0 Å². The largest absolute Gasteiger partial charge is 0.407 e. The molecule has 2 nitrogen and oxygen atoms in total. The van der Waals surface area contributed by atoms with Gasteiger partial charge in [0.15, 0.2) is 0 Å². The first-order valence-corrected chi connectivity index (χ1v) is 14.6. The summed E-state index contributed by atoms with van der Waals surface area (Å²) >= 11 is 1.73. The van der Waals surface area contributed by atoms with Crippen molar-refractivity contribution in [1.29, 1.82) is 0 Å². The molecule has 172 valence electrons. The molecular weight excluding hydrogens is 416 g/mol. The van der Waals surface area contributed by atoms with E-state index < -0.39 is 8.32 Å². The average Bonchev–Trinajstić information content (AvgIpc) is 2.68. The Morgan fingerprint density at radius 3 is 1.58 bits per heavy atom. The van der Waals surface area contributed by atoms with Gasteiger partial charge in [-0.15, -0.1) is 11.8 Å². The van der Waals surface area contributed by atoms with Gasteiger partial charge in [-0.2, -0.15) is 0 Å². The van der Waals surface area contributed by atoms with Crippen molar-refractivity contribution in [3.05, 3.63) is 60.7 Å². The summed E-state index contributed by atoms with van der Waals surface area (Å²) < 4.78 is 13.1. The summed E-state index contributed by atoms with van der Waals surface area (Å²) in [6.07, 6.45) is 3.13. The van der Waals surface area contributed by atoms with Crippen LogP contribution < -0.4 is 10.4 Å². The van der Waals surface area contributed by atoms with E-state index >= 15 is 0 Å². The zero-order chi connectivity index (χ0) is 23.2. The van der Waals surface area contributed by atoms with E-state index in [1.165, 1.54) is 10.4 Å². The van der Waals surface area contributed by atoms with Gasteiger partial charge in [0.25, 0.3) is 8.32 Å². The summed E-state index contributed by atoms with van der Waals surface area (Å²) in [6, 6.07) is 21.8. The third-order valence-corrected chi connectivity index (χ3v) is 11.1. The Labute approximate surface area is 196 Å². The number of rotatable bonds is 11. The van der Waals surface area contributed by atoms with Crippen LogP contribution in [0.25, 0.3) is 0 Å². The third-order valence-electron chi connectivity index (χ3n) is 5.75. The Kier molecular flexibility index (Phi) is 9.03. The second-order valence-electron chi connectivity index (χ2n) is 11.2. The van der Waals surface area contributed by atoms with Crippen molar-refractivity contribution in [3.8, 4) is 0 Å². The summed E-state index contributed by atoms with van der Waals surface area (Å²) in [5.41, 5.74) is 0.146. The van der Waals surface area contributed by atoms with Gasteiger partial charge in [-0.05, 0) is 38.9 Å². The van der Waals surface area contributed by atoms with Crippen molar-refractivity contribution in [2.45, 2.75) is 59.9 Å². The maximum atomic E-state index is 7.20. The monoisotopic (exact) mass is 458 g/mol. The molecule has 0 heterocycles. The van der Waals surface area contributed by atoms with Gasteiger partial charge in [-0.3, -0.25) is 0 Å². The Hall–Kier alpha value is -1.07. The zero-order valence-electron chi connectivity index (χ0n) is 20.8. The fraction of sp³-hybridized carbons (Fsp3) is 0.556. The molecule has 0 radical (unpaired) electrons. The van der Waals surface area contributed by atoms with E-state index in [1.807, 2.05) is 0 Å². The van der Waals surface area contributed by atoms with Crippen LogP contribution in [0.1, 0.15) is 54.9 Å². The number of benzene rings is 2. The second-order valence-corrected chi connectivity index (χ2v) is 16.3. The standard InChI is InChI=1S/C27H42O2SSi/c1-25(2,3)31(23-15-11-9-12-16-23,24-17-13-10-14-18-24)29-21-27(6,7)19-26(4,5)20-28-22-30-8/h9-18H,19-22H2,1-8H3. The number of thioether (sulfide) groups is 1. The average molecular weight is 459 g/mol. The van der Waals surface area contributed by atoms with Gasteiger partial charge in [0.2, 0.25) is 0 Å². The van der Waals surface area contributed by atoms with Crippen LogP contribution in [-0.4, -0.2) is 33.7 Å². The second kappa shape index (κ2) is 10.7. The Balaban J connectivity index is 2.36. The number of hydrogen-bond acceptors (Lipinski definition) is 3. The van der Waals surface area contributed by atoms with Gasteiger partial charge in [0.05, 0.1) is 12.5 Å². The number of ether oxygens (including phenoxy) is 1. The first-order chi connectivity index (χ1) is 14.4. The molecule has 0 aromatic heterocycles. The fourth-order valence-corrected chi connectivity index (χ4v) is 9.88. The smallest absolute Gasteiger partial charge is 0.261 e. The highest BCUT2D eigenvalue weighted by atomic mass is 32.2. The lowest BCUT2D eigenvalue weighted by atomic mass is 9.76. The van der Waals surface area contributed by atoms with Crippen molar-refractivity contribution in [3.63, 3.8) is 0 Å². The highest BCUT2D eigenvalue weighted by molar-refractivity contribution is 7.98. The van der Waals surface area contributed by atoms with Crippen LogP contribution in [0.15, 0.2) is 60.7 Å². The normalized spacial score (nSPS) is 13.4. The summed E-state index contributed by atoms with van der Waals surface area (Å²) in [4.78, 5) is 0. The first-order valence-electron chi connectivity index (χ1n) is 11.3. The van der Waals surface area contributed by atoms with Crippen molar-refractivity contribution >= 4 is 30.5 Å². The van der Waals surface area contributed by atoms with E-state index in [0.29, 0.717) is 0 Å². The molecule has 0 fully saturated rings. The molecule has 0 amide bonds. The highest BCUT2D eigenvalue weighted by Crippen LogP contribution is 2.40. The van der Waals surface area contributed by atoms with E-state index in [2.05, 4.69) is 115 Å². The van der Waals surface area contributed by atoms with Crippen LogP contribution >= 0.6 is 11.8 Å². The summed E-state index contributed by atoms with van der Waals surface area (Å²) in [6.45, 7) is 17.8. The molecule has 0 saturated heterocycles. The lowest BCUT2D eigenvalue weighted by Gasteiger charge is -2.45. The van der Waals surface area contributed by atoms with Crippen molar-refractivity contribution in [1.82, 2.24) is 0 Å². The SMILES string of the molecule is CSCOCC(C)(C)CC(C)(C)CO[Si](c1ccccc1)(c1ccccc1)C(C)(C)C. The van der Waals surface area contributed by atoms with Gasteiger partial charge in [0, 0.05) is 6.61 Å². The van der Waals surface area contributed by atoms with Crippen molar-refractivity contribution < 1.29 is 9.16 Å². The lowest BCUT2D eigenvalue weighted by Crippen LogP contribution is -2.67. The molecular formula is C27H42O2SSi. The van der Waals surface area contributed by atoms with Gasteiger partial charge >= 0.3 is 0 Å². The fourth-order valence-electron chi connectivity index (χ4n) is 4.86. The molecule has 0 aliphatic rings. The maximum absolute atomic E-state index is 7.20. The summed E-state index contributed by atoms with van der Waals surface area (Å²) in [5, 5.41) is 2.68. The summed E-state index contributed by atoms with van der Waals surface area (Å²) in [5.74, 6) is 0.752. The van der Waals surface area contributed by atoms with Crippen molar-refractivity contribution in [2.75, 3.05) is 25.4 Å². The first kappa shape index (κ1) is 26.2. The van der Waals surface area contributed by atoms with Crippen LogP contribution in [0.5, 0.6) is 0 Å². The molecule has 2 aromatic carbocycles. The van der Waals surface area contributed by atoms with Crippen LogP contribution in [0.2, 0.25) is 5.04 Å². The quantitative estimate of drug-likeness (QED) is 0.222. The lowest BCUT2D eigenvalue weighted by molar-refractivity contribution is 0.0424. The topological polar surface area (TPSA) is 18.5 Å². The van der Waals surface area contributed by atoms with Crippen LogP contribution in [0, 0.1) is 10.8 Å². The van der Waals surface area contributed by atoms with Gasteiger partial charge < -0.3 is 9.16 Å². The Morgan fingerprint density at radius 2 is 1.16 bits per heavy atom. The molecule has 0 saturated carbocycles. The minimum absolute atomic E-state index is 0.00274. The Morgan fingerprint density at radius 1 is 0.710 bits per heavy atom. The highest BCUT2D eigenvalue weighted by Gasteiger charge is 2.50. The number of hydrogen-bond donors (Lipinski definition) is 0. The van der Waals surface area contributed by atoms with Gasteiger partial charge in [-0.1, -0.05) is 109 Å². The van der Waals surface area contributed by atoms with E-state index in [4.69, 9.17) is 9.16 Å². The van der Waals surface area contributed by atoms with E-state index in [9.17, 15) is 0 Å². The van der Waals surface area contributed by atoms with E-state index in [0.717, 1.165) is 25.6 Å². The van der Waals surface area contributed by atoms with Gasteiger partial charge in [-0.25, -0.2) is 0 Å². The minimum Gasteiger partial charge on any atom is -0.407 e. The van der Waals surface area contributed by atoms with E-state index in [-0.39, 0.29) is 15.9 Å². The molecule has 0 atom stereocenters. The predicted molar refractivity (Wildman–Crippen MR) is 140 cm³/mol. The van der Waals surface area contributed by atoms with Crippen LogP contribution in [-0.2, 0) is 9.16 Å². The van der Waals surface area contributed by atoms with Crippen molar-refractivity contribution in [2.24, 2.45) is 10.8 Å². The molecule has 0 spiro atoms. The molecule has 0 N–H and O–H groups in total. The molecule has 0 aliphatic carbocycles. The Bertz CT molecular complexity index is 742. The van der Waals surface area contributed by atoms with Gasteiger partial charge in [0.1, 0.15) is 0 Å². The molecule has 31 heavy (non-hydrogen) atoms. The minimum atomic E-state index is -2.50. The maximum Gasteiger partial charge on any atom is 0.261 e. The third kappa shape index (κ3) is 6.95. The molecule has 4 heteroatoms. The zero-order valence-corrected chi connectivity index (χ0v) is 22.6. The molecule has 2 rings (SSSR count).